The van der Waals surface area contributed by atoms with E-state index in [1.54, 1.807) is 24.3 Å². The largest absolute Gasteiger partial charge is 0.480 e. The number of rotatable bonds is 3. The van der Waals surface area contributed by atoms with Crippen molar-refractivity contribution < 1.29 is 14.7 Å². The van der Waals surface area contributed by atoms with Crippen molar-refractivity contribution in [1.29, 1.82) is 0 Å². The van der Waals surface area contributed by atoms with Crippen LogP contribution in [-0.4, -0.2) is 16.9 Å². The fraction of sp³-hybridized carbons (Fsp3) is 0.273. The van der Waals surface area contributed by atoms with E-state index in [0.29, 0.717) is 23.4 Å². The summed E-state index contributed by atoms with van der Waals surface area (Å²) in [6.07, 6.45) is 0.818. The van der Waals surface area contributed by atoms with E-state index < -0.39 is 11.4 Å². The molecule has 3 nitrogen and oxygen atoms in total. The highest BCUT2D eigenvalue weighted by atomic mass is 35.5. The number of carbonyl (C=O) groups is 2. The average molecular weight is 225 g/mol. The molecule has 1 saturated carbocycles. The standard InChI is InChI=1S/C11H9ClO3/c12-8-4-2-1-3-7(8)9(13)11(5-6-11)10(14)15/h1-4H,5-6H2,(H,14,15). The second kappa shape index (κ2) is 3.35. The molecule has 0 saturated heterocycles. The van der Waals surface area contributed by atoms with Crippen molar-refractivity contribution in [3.8, 4) is 0 Å². The lowest BCUT2D eigenvalue weighted by molar-refractivity contribution is -0.141. The van der Waals surface area contributed by atoms with Crippen molar-refractivity contribution in [3.05, 3.63) is 34.9 Å². The minimum absolute atomic E-state index is 0.305. The molecule has 0 bridgehead atoms. The van der Waals surface area contributed by atoms with Crippen LogP contribution in [0.3, 0.4) is 0 Å². The van der Waals surface area contributed by atoms with Gasteiger partial charge in [-0.15, -0.1) is 0 Å². The first-order valence-corrected chi connectivity index (χ1v) is 4.98. The van der Waals surface area contributed by atoms with Crippen LogP contribution in [0, 0.1) is 5.41 Å². The summed E-state index contributed by atoms with van der Waals surface area (Å²) >= 11 is 5.84. The van der Waals surface area contributed by atoms with Gasteiger partial charge in [0.1, 0.15) is 5.41 Å². The Kier molecular flexibility index (Phi) is 2.27. The van der Waals surface area contributed by atoms with Crippen molar-refractivity contribution in [2.45, 2.75) is 12.8 Å². The van der Waals surface area contributed by atoms with Crippen LogP contribution in [0.25, 0.3) is 0 Å². The molecule has 0 heterocycles. The van der Waals surface area contributed by atoms with Crippen LogP contribution in [0.1, 0.15) is 23.2 Å². The summed E-state index contributed by atoms with van der Waals surface area (Å²) in [6.45, 7) is 0. The van der Waals surface area contributed by atoms with Crippen molar-refractivity contribution in [2.24, 2.45) is 5.41 Å². The lowest BCUT2D eigenvalue weighted by atomic mass is 9.95. The van der Waals surface area contributed by atoms with Crippen LogP contribution in [0.15, 0.2) is 24.3 Å². The molecule has 0 unspecified atom stereocenters. The Bertz CT molecular complexity index is 435. The number of carboxylic acid groups (broad SMARTS) is 1. The average Bonchev–Trinajstić information content (AvgIpc) is 2.98. The smallest absolute Gasteiger partial charge is 0.317 e. The molecule has 2 rings (SSSR count). The summed E-state index contributed by atoms with van der Waals surface area (Å²) < 4.78 is 0. The fourth-order valence-corrected chi connectivity index (χ4v) is 1.79. The van der Waals surface area contributed by atoms with E-state index in [1.165, 1.54) is 0 Å². The molecule has 0 aliphatic heterocycles. The molecule has 0 atom stereocenters. The molecule has 15 heavy (non-hydrogen) atoms. The van der Waals surface area contributed by atoms with Gasteiger partial charge in [0.05, 0.1) is 5.02 Å². The number of carboxylic acids is 1. The highest BCUT2D eigenvalue weighted by Gasteiger charge is 2.57. The zero-order valence-corrected chi connectivity index (χ0v) is 8.62. The number of hydrogen-bond donors (Lipinski definition) is 1. The monoisotopic (exact) mass is 224 g/mol. The van der Waals surface area contributed by atoms with Gasteiger partial charge in [-0.3, -0.25) is 9.59 Å². The third-order valence-corrected chi connectivity index (χ3v) is 3.04. The quantitative estimate of drug-likeness (QED) is 0.634. The van der Waals surface area contributed by atoms with Crippen molar-refractivity contribution in [1.82, 2.24) is 0 Å². The molecule has 1 aromatic carbocycles. The summed E-state index contributed by atoms with van der Waals surface area (Å²) in [7, 11) is 0. The number of carbonyl (C=O) groups excluding carboxylic acids is 1. The predicted octanol–water partition coefficient (Wildman–Crippen LogP) is 2.39. The predicted molar refractivity (Wildman–Crippen MR) is 55.1 cm³/mol. The first-order chi connectivity index (χ1) is 7.08. The first-order valence-electron chi connectivity index (χ1n) is 4.61. The Morgan fingerprint density at radius 1 is 1.27 bits per heavy atom. The summed E-state index contributed by atoms with van der Waals surface area (Å²) in [5.74, 6) is -1.42. The second-order valence-corrected chi connectivity index (χ2v) is 4.10. The molecule has 0 aromatic heterocycles. The zero-order valence-electron chi connectivity index (χ0n) is 7.87. The number of aliphatic carboxylic acids is 1. The molecule has 0 amide bonds. The molecule has 78 valence electrons. The van der Waals surface area contributed by atoms with E-state index in [2.05, 4.69) is 0 Å². The molecule has 1 aliphatic rings. The van der Waals surface area contributed by atoms with Gasteiger partial charge in [-0.05, 0) is 25.0 Å². The summed E-state index contributed by atoms with van der Waals surface area (Å²) in [5, 5.41) is 9.28. The molecule has 4 heteroatoms. The molecule has 1 fully saturated rings. The van der Waals surface area contributed by atoms with E-state index in [1.807, 2.05) is 0 Å². The third-order valence-electron chi connectivity index (χ3n) is 2.71. The Labute approximate surface area is 91.7 Å². The summed E-state index contributed by atoms with van der Waals surface area (Å²) in [4.78, 5) is 22.9. The van der Waals surface area contributed by atoms with Crippen LogP contribution in [0.2, 0.25) is 5.02 Å². The SMILES string of the molecule is O=C(O)C1(C(=O)c2ccccc2Cl)CC1. The number of ketones is 1. The Hall–Kier alpha value is -1.35. The highest BCUT2D eigenvalue weighted by molar-refractivity contribution is 6.35. The number of Topliss-reactive ketones (excluding diaryl/α,β-unsaturated/α-hetero) is 1. The van der Waals surface area contributed by atoms with Gasteiger partial charge in [-0.25, -0.2) is 0 Å². The van der Waals surface area contributed by atoms with Gasteiger partial charge in [-0.1, -0.05) is 23.7 Å². The number of benzene rings is 1. The van der Waals surface area contributed by atoms with Gasteiger partial charge >= 0.3 is 5.97 Å². The lowest BCUT2D eigenvalue weighted by Gasteiger charge is -2.09. The Morgan fingerprint density at radius 2 is 1.87 bits per heavy atom. The van der Waals surface area contributed by atoms with E-state index in [9.17, 15) is 9.59 Å². The molecule has 0 spiro atoms. The van der Waals surface area contributed by atoms with E-state index >= 15 is 0 Å². The third kappa shape index (κ3) is 1.53. The highest BCUT2D eigenvalue weighted by Crippen LogP contribution is 2.49. The molecular weight excluding hydrogens is 216 g/mol. The van der Waals surface area contributed by atoms with Crippen molar-refractivity contribution in [2.75, 3.05) is 0 Å². The molecule has 1 aliphatic carbocycles. The molecule has 0 radical (unpaired) electrons. The van der Waals surface area contributed by atoms with E-state index in [-0.39, 0.29) is 5.78 Å². The van der Waals surface area contributed by atoms with Gasteiger partial charge in [0.15, 0.2) is 5.78 Å². The topological polar surface area (TPSA) is 54.4 Å². The maximum Gasteiger partial charge on any atom is 0.317 e. The Balaban J connectivity index is 2.38. The minimum atomic E-state index is -1.20. The minimum Gasteiger partial charge on any atom is -0.480 e. The van der Waals surface area contributed by atoms with Crippen molar-refractivity contribution >= 4 is 23.4 Å². The summed E-state index contributed by atoms with van der Waals surface area (Å²) in [5.41, 5.74) is -0.899. The van der Waals surface area contributed by atoms with Crippen LogP contribution in [-0.2, 0) is 4.79 Å². The number of hydrogen-bond acceptors (Lipinski definition) is 2. The normalized spacial score (nSPS) is 17.1. The molecule has 1 N–H and O–H groups in total. The van der Waals surface area contributed by atoms with Gasteiger partial charge in [0, 0.05) is 5.56 Å². The van der Waals surface area contributed by atoms with E-state index in [0.717, 1.165) is 0 Å². The van der Waals surface area contributed by atoms with Crippen LogP contribution in [0.5, 0.6) is 0 Å². The van der Waals surface area contributed by atoms with Gasteiger partial charge in [0.2, 0.25) is 0 Å². The maximum atomic E-state index is 11.9. The zero-order chi connectivity index (χ0) is 11.1. The van der Waals surface area contributed by atoms with Gasteiger partial charge in [0.25, 0.3) is 0 Å². The van der Waals surface area contributed by atoms with Gasteiger partial charge < -0.3 is 5.11 Å². The molecular formula is C11H9ClO3. The fourth-order valence-electron chi connectivity index (χ4n) is 1.57. The number of halogens is 1. The molecule has 1 aromatic rings. The van der Waals surface area contributed by atoms with Crippen LogP contribution < -0.4 is 0 Å². The van der Waals surface area contributed by atoms with Gasteiger partial charge in [-0.2, -0.15) is 0 Å². The first kappa shape index (κ1) is 10.2. The lowest BCUT2D eigenvalue weighted by Crippen LogP contribution is -2.25. The second-order valence-electron chi connectivity index (χ2n) is 3.70. The van der Waals surface area contributed by atoms with Crippen LogP contribution in [0.4, 0.5) is 0 Å². The van der Waals surface area contributed by atoms with Crippen molar-refractivity contribution in [3.63, 3.8) is 0 Å². The van der Waals surface area contributed by atoms with E-state index in [4.69, 9.17) is 16.7 Å². The van der Waals surface area contributed by atoms with Crippen LogP contribution >= 0.6 is 11.6 Å². The Morgan fingerprint density at radius 3 is 2.33 bits per heavy atom. The maximum absolute atomic E-state index is 11.9. The summed E-state index contributed by atoms with van der Waals surface area (Å²) in [6, 6.07) is 6.54.